The third-order valence-electron chi connectivity index (χ3n) is 8.34. The Bertz CT molecular complexity index is 2460. The summed E-state index contributed by atoms with van der Waals surface area (Å²) < 4.78 is 48.1. The number of benzene rings is 2. The average Bonchev–Trinajstić information content (AvgIpc) is 3.60. The number of aryl methyl sites for hydroxylation is 1. The Labute approximate surface area is 267 Å². The highest BCUT2D eigenvalue weighted by molar-refractivity contribution is 7.92. The van der Waals surface area contributed by atoms with Gasteiger partial charge >= 0.3 is 0 Å². The lowest BCUT2D eigenvalue weighted by Crippen LogP contribution is -2.26. The van der Waals surface area contributed by atoms with E-state index in [1.54, 1.807) is 41.0 Å². The average molecular weight is 649 g/mol. The third kappa shape index (κ3) is 4.81. The molecule has 0 atom stereocenters. The number of rotatable bonds is 5. The van der Waals surface area contributed by atoms with Crippen LogP contribution in [-0.4, -0.2) is 55.1 Å². The molecule has 2 aromatic carbocycles. The summed E-state index contributed by atoms with van der Waals surface area (Å²) in [7, 11) is -1.03. The maximum Gasteiger partial charge on any atom is 0.255 e. The lowest BCUT2D eigenvalue weighted by Gasteiger charge is -2.19. The first-order valence-corrected chi connectivity index (χ1v) is 16.3. The zero-order valence-electron chi connectivity index (χ0n) is 25.3. The Kier molecular flexibility index (Phi) is 6.91. The number of nitrogens with one attached hydrogen (secondary N) is 1. The van der Waals surface area contributed by atoms with Crippen LogP contribution in [0.5, 0.6) is 0 Å². The van der Waals surface area contributed by atoms with Gasteiger partial charge in [-0.15, -0.1) is 0 Å². The number of aromatic nitrogens is 3. The maximum absolute atomic E-state index is 13.8. The van der Waals surface area contributed by atoms with Gasteiger partial charge in [0.25, 0.3) is 5.91 Å². The van der Waals surface area contributed by atoms with Crippen molar-refractivity contribution in [3.8, 4) is 40.0 Å². The summed E-state index contributed by atoms with van der Waals surface area (Å²) in [6.45, 7) is 0. The van der Waals surface area contributed by atoms with Crippen LogP contribution in [0.25, 0.3) is 56.0 Å². The quantitative estimate of drug-likeness (QED) is 0.256. The number of hydrogen-bond donors (Lipinski definition) is 1. The first-order valence-electron chi connectivity index (χ1n) is 14.5. The predicted octanol–water partition coefficient (Wildman–Crippen LogP) is 5.53. The van der Waals surface area contributed by atoms with Crippen LogP contribution < -0.4 is 9.62 Å². The molecule has 0 spiro atoms. The summed E-state index contributed by atoms with van der Waals surface area (Å²) >= 11 is 0. The molecule has 47 heavy (non-hydrogen) atoms. The van der Waals surface area contributed by atoms with Crippen molar-refractivity contribution in [2.75, 3.05) is 24.7 Å². The molecule has 1 N–H and O–H groups in total. The van der Waals surface area contributed by atoms with E-state index in [1.807, 2.05) is 6.07 Å². The molecule has 0 bridgehead atoms. The topological polar surface area (TPSA) is 151 Å². The lowest BCUT2D eigenvalue weighted by atomic mass is 10.0. The smallest absolute Gasteiger partial charge is 0.255 e. The molecule has 0 radical (unpaired) electrons. The number of nitriles is 1. The van der Waals surface area contributed by atoms with Gasteiger partial charge in [0.1, 0.15) is 11.6 Å². The molecule has 1 amide bonds. The zero-order chi connectivity index (χ0) is 33.2. The minimum absolute atomic E-state index is 0.00711. The minimum Gasteiger partial charge on any atom is -0.437 e. The third-order valence-corrected chi connectivity index (χ3v) is 9.51. The number of halogens is 1. The normalized spacial score (nSPS) is 12.8. The predicted molar refractivity (Wildman–Crippen MR) is 174 cm³/mol. The monoisotopic (exact) mass is 648 g/mol. The largest absolute Gasteiger partial charge is 0.437 e. The van der Waals surface area contributed by atoms with E-state index in [0.29, 0.717) is 45.5 Å². The van der Waals surface area contributed by atoms with Crippen LogP contribution in [0, 0.1) is 17.1 Å². The lowest BCUT2D eigenvalue weighted by molar-refractivity contribution is 0.0910. The number of pyridine rings is 2. The van der Waals surface area contributed by atoms with Gasteiger partial charge in [0.15, 0.2) is 5.82 Å². The van der Waals surface area contributed by atoms with Gasteiger partial charge in [-0.2, -0.15) is 10.2 Å². The Morgan fingerprint density at radius 2 is 1.83 bits per heavy atom. The molecule has 234 valence electrons. The number of furan rings is 1. The first-order chi connectivity index (χ1) is 22.5. The van der Waals surface area contributed by atoms with Gasteiger partial charge in [-0.25, -0.2) is 17.8 Å². The highest BCUT2D eigenvalue weighted by atomic mass is 32.2. The van der Waals surface area contributed by atoms with E-state index < -0.39 is 21.7 Å². The van der Waals surface area contributed by atoms with Crippen LogP contribution in [-0.2, 0) is 16.4 Å². The van der Waals surface area contributed by atoms with Crippen molar-refractivity contribution in [2.45, 2.75) is 12.8 Å². The number of carbonyl (C=O) groups is 2. The molecule has 0 fully saturated rings. The fourth-order valence-electron chi connectivity index (χ4n) is 5.94. The number of sulfonamides is 1. The summed E-state index contributed by atoms with van der Waals surface area (Å²) in [4.78, 5) is 36.2. The second-order valence-electron chi connectivity index (χ2n) is 11.1. The first kappa shape index (κ1) is 29.8. The molecular weight excluding hydrogens is 623 g/mol. The molecule has 0 saturated carbocycles. The van der Waals surface area contributed by atoms with E-state index in [4.69, 9.17) is 9.40 Å². The molecule has 6 aromatic rings. The summed E-state index contributed by atoms with van der Waals surface area (Å²) in [5.74, 6) is -0.989. The van der Waals surface area contributed by atoms with Crippen LogP contribution in [0.3, 0.4) is 0 Å². The van der Waals surface area contributed by atoms with Crippen molar-refractivity contribution in [3.63, 3.8) is 0 Å². The van der Waals surface area contributed by atoms with E-state index in [-0.39, 0.29) is 46.1 Å². The molecule has 5 heterocycles. The Hall–Kier alpha value is -5.87. The van der Waals surface area contributed by atoms with Gasteiger partial charge in [-0.1, -0.05) is 12.1 Å². The summed E-state index contributed by atoms with van der Waals surface area (Å²) in [6, 6.07) is 19.7. The molecule has 0 saturated heterocycles. The van der Waals surface area contributed by atoms with Crippen LogP contribution in [0.4, 0.5) is 10.2 Å². The van der Waals surface area contributed by atoms with E-state index in [1.165, 1.54) is 38.4 Å². The molecule has 1 aliphatic heterocycles. The molecule has 11 nitrogen and oxygen atoms in total. The summed E-state index contributed by atoms with van der Waals surface area (Å²) in [6.07, 6.45) is 1.67. The maximum atomic E-state index is 13.8. The molecule has 7 rings (SSSR count). The second-order valence-corrected chi connectivity index (χ2v) is 13.2. The van der Waals surface area contributed by atoms with Crippen LogP contribution >= 0.6 is 0 Å². The number of carbonyl (C=O) groups excluding carboxylic acids is 2. The van der Waals surface area contributed by atoms with Gasteiger partial charge < -0.3 is 9.73 Å². The van der Waals surface area contributed by atoms with Crippen molar-refractivity contribution in [1.29, 1.82) is 5.26 Å². The number of hydrogen-bond acceptors (Lipinski definition) is 8. The zero-order valence-corrected chi connectivity index (χ0v) is 26.1. The van der Waals surface area contributed by atoms with Gasteiger partial charge in [0, 0.05) is 37.0 Å². The van der Waals surface area contributed by atoms with Gasteiger partial charge in [0.2, 0.25) is 21.6 Å². The Morgan fingerprint density at radius 3 is 2.53 bits per heavy atom. The second kappa shape index (κ2) is 10.9. The molecule has 0 unspecified atom stereocenters. The molecule has 13 heteroatoms. The van der Waals surface area contributed by atoms with Crippen LogP contribution in [0.2, 0.25) is 0 Å². The molecular formula is C34H25FN6O5S. The van der Waals surface area contributed by atoms with Crippen molar-refractivity contribution in [1.82, 2.24) is 19.9 Å². The van der Waals surface area contributed by atoms with Gasteiger partial charge in [-0.05, 0) is 66.6 Å². The van der Waals surface area contributed by atoms with Crippen molar-refractivity contribution in [2.24, 2.45) is 0 Å². The Balaban J connectivity index is 1.52. The van der Waals surface area contributed by atoms with Crippen LogP contribution in [0.15, 0.2) is 71.1 Å². The van der Waals surface area contributed by atoms with E-state index in [2.05, 4.69) is 16.4 Å². The molecule has 0 aliphatic carbocycles. The van der Waals surface area contributed by atoms with E-state index >= 15 is 0 Å². The van der Waals surface area contributed by atoms with Crippen molar-refractivity contribution >= 4 is 49.7 Å². The number of amides is 1. The number of nitrogens with zero attached hydrogens (tertiary/aromatic N) is 5. The highest BCUT2D eigenvalue weighted by Crippen LogP contribution is 2.41. The highest BCUT2D eigenvalue weighted by Gasteiger charge is 2.29. The standard InChI is InChI=1S/C34H25FN6O5S/c1-37-33(43)29-24-15-23(32(40(2)47(3,44)45)39-34(24)46-31(29)19-7-11-21(35)12-8-19)25-13-9-18-10-14-28(42)41-26-6-4-5-20(17-36)22(26)16-27(41)30(18)38-25/h4-9,11-13,15-16H,10,14H2,1-3H3,(H,37,43). The van der Waals surface area contributed by atoms with E-state index in [9.17, 15) is 27.7 Å². The fourth-order valence-corrected chi connectivity index (χ4v) is 6.39. The summed E-state index contributed by atoms with van der Waals surface area (Å²) in [5, 5.41) is 13.2. The SMILES string of the molecule is CNC(=O)c1c(-c2ccc(F)cc2)oc2nc(N(C)S(C)(=O)=O)c(-c3ccc4c(n3)-c3cc5c(C#N)cccc5n3C(=O)CC4)cc12. The fraction of sp³-hybridized carbons (Fsp3) is 0.147. The minimum atomic E-state index is -3.84. The van der Waals surface area contributed by atoms with Gasteiger partial charge in [0.05, 0.1) is 51.4 Å². The molecule has 1 aliphatic rings. The van der Waals surface area contributed by atoms with Gasteiger partial charge in [-0.3, -0.25) is 18.5 Å². The number of anilines is 1. The van der Waals surface area contributed by atoms with Crippen LogP contribution in [0.1, 0.15) is 32.7 Å². The van der Waals surface area contributed by atoms with Crippen molar-refractivity contribution < 1.29 is 26.8 Å². The van der Waals surface area contributed by atoms with E-state index in [0.717, 1.165) is 16.1 Å². The summed E-state index contributed by atoms with van der Waals surface area (Å²) in [5.41, 5.74) is 3.92. The Morgan fingerprint density at radius 1 is 1.06 bits per heavy atom. The molecule has 4 aromatic heterocycles. The van der Waals surface area contributed by atoms with Crippen molar-refractivity contribution in [3.05, 3.63) is 89.2 Å². The number of fused-ring (bicyclic) bond motifs is 6.